The topological polar surface area (TPSA) is 53.1 Å². The zero-order chi connectivity index (χ0) is 9.30. The van der Waals surface area contributed by atoms with Crippen molar-refractivity contribution in [2.75, 3.05) is 0 Å². The molecule has 1 heterocycles. The number of H-pyrrole nitrogens is 1. The van der Waals surface area contributed by atoms with E-state index in [1.54, 1.807) is 4.98 Å². The number of aromatic amines is 1. The van der Waals surface area contributed by atoms with Gasteiger partial charge in [0, 0.05) is 6.20 Å². The van der Waals surface area contributed by atoms with Crippen molar-refractivity contribution < 1.29 is 18.3 Å². The van der Waals surface area contributed by atoms with Crippen LogP contribution in [0, 0.1) is 5.82 Å². The molecule has 66 valence electrons. The Labute approximate surface area is 64.5 Å². The molecule has 0 unspecified atom stereocenters. The summed E-state index contributed by atoms with van der Waals surface area (Å²) in [6.45, 7) is 0. The molecule has 3 nitrogen and oxygen atoms in total. The maximum atomic E-state index is 12.3. The van der Waals surface area contributed by atoms with Crippen molar-refractivity contribution in [1.29, 1.82) is 0 Å². The lowest BCUT2D eigenvalue weighted by Crippen LogP contribution is -2.09. The van der Waals surface area contributed by atoms with Gasteiger partial charge in [-0.25, -0.2) is 13.2 Å². The van der Waals surface area contributed by atoms with Gasteiger partial charge in [0.1, 0.15) is 5.69 Å². The second kappa shape index (κ2) is 2.88. The van der Waals surface area contributed by atoms with Crippen molar-refractivity contribution in [2.45, 2.75) is 6.43 Å². The zero-order valence-corrected chi connectivity index (χ0v) is 5.64. The number of hydrogen-bond acceptors (Lipinski definition) is 2. The van der Waals surface area contributed by atoms with Gasteiger partial charge >= 0.3 is 0 Å². The molecule has 0 fully saturated rings. The van der Waals surface area contributed by atoms with Gasteiger partial charge in [-0.05, 0) is 0 Å². The molecule has 0 bridgehead atoms. The summed E-state index contributed by atoms with van der Waals surface area (Å²) in [5.41, 5.74) is -2.40. The van der Waals surface area contributed by atoms with Gasteiger partial charge in [-0.15, -0.1) is 0 Å². The van der Waals surface area contributed by atoms with Gasteiger partial charge in [-0.1, -0.05) is 0 Å². The summed E-state index contributed by atoms with van der Waals surface area (Å²) < 4.78 is 36.0. The Bertz CT molecular complexity index is 347. The van der Waals surface area contributed by atoms with Crippen LogP contribution in [-0.2, 0) is 0 Å². The van der Waals surface area contributed by atoms with Gasteiger partial charge in [0.25, 0.3) is 11.9 Å². The van der Waals surface area contributed by atoms with Gasteiger partial charge in [0.15, 0.2) is 11.6 Å². The van der Waals surface area contributed by atoms with E-state index in [0.29, 0.717) is 6.20 Å². The normalized spacial score (nSPS) is 10.7. The molecule has 0 aliphatic heterocycles. The van der Waals surface area contributed by atoms with Gasteiger partial charge in [0.05, 0.1) is 0 Å². The second-order valence-electron chi connectivity index (χ2n) is 2.03. The SMILES string of the molecule is O=c1c(F)c[nH]c(C(F)F)c1O. The molecule has 0 aliphatic carbocycles. The van der Waals surface area contributed by atoms with E-state index in [0.717, 1.165) is 0 Å². The van der Waals surface area contributed by atoms with E-state index in [1.807, 2.05) is 0 Å². The maximum absolute atomic E-state index is 12.3. The molecule has 1 aromatic rings. The Morgan fingerprint density at radius 1 is 1.50 bits per heavy atom. The lowest BCUT2D eigenvalue weighted by molar-refractivity contribution is 0.141. The van der Waals surface area contributed by atoms with Crippen LogP contribution in [0.2, 0.25) is 0 Å². The van der Waals surface area contributed by atoms with E-state index in [1.165, 1.54) is 0 Å². The molecule has 6 heteroatoms. The minimum atomic E-state index is -3.03. The third kappa shape index (κ3) is 1.27. The van der Waals surface area contributed by atoms with Gasteiger partial charge in [0.2, 0.25) is 0 Å². The summed E-state index contributed by atoms with van der Waals surface area (Å²) in [7, 11) is 0. The number of halogens is 3. The highest BCUT2D eigenvalue weighted by Gasteiger charge is 2.17. The van der Waals surface area contributed by atoms with Gasteiger partial charge in [-0.3, -0.25) is 4.79 Å². The van der Waals surface area contributed by atoms with Crippen LogP contribution in [-0.4, -0.2) is 10.1 Å². The van der Waals surface area contributed by atoms with Crippen LogP contribution in [0.3, 0.4) is 0 Å². The number of alkyl halides is 2. The van der Waals surface area contributed by atoms with Crippen LogP contribution >= 0.6 is 0 Å². The summed E-state index contributed by atoms with van der Waals surface area (Å²) in [5.74, 6) is -2.57. The Morgan fingerprint density at radius 2 is 2.08 bits per heavy atom. The molecule has 1 aromatic heterocycles. The van der Waals surface area contributed by atoms with Crippen molar-refractivity contribution >= 4 is 0 Å². The first kappa shape index (κ1) is 8.63. The number of aromatic hydroxyl groups is 1. The Hall–Kier alpha value is -1.46. The lowest BCUT2D eigenvalue weighted by Gasteiger charge is -2.01. The summed E-state index contributed by atoms with van der Waals surface area (Å²) in [6.07, 6.45) is -2.55. The number of rotatable bonds is 1. The molecule has 12 heavy (non-hydrogen) atoms. The fraction of sp³-hybridized carbons (Fsp3) is 0.167. The fourth-order valence-corrected chi connectivity index (χ4v) is 0.677. The highest BCUT2D eigenvalue weighted by Crippen LogP contribution is 2.22. The summed E-state index contributed by atoms with van der Waals surface area (Å²) in [4.78, 5) is 12.3. The monoisotopic (exact) mass is 179 g/mol. The molecular formula is C6H4F3NO2. The lowest BCUT2D eigenvalue weighted by atomic mass is 10.3. The van der Waals surface area contributed by atoms with Gasteiger partial charge in [-0.2, -0.15) is 0 Å². The predicted octanol–water partition coefficient (Wildman–Crippen LogP) is 1.16. The minimum absolute atomic E-state index is 0.476. The first-order chi connectivity index (χ1) is 5.54. The molecule has 0 radical (unpaired) electrons. The summed E-state index contributed by atoms with van der Waals surface area (Å²) >= 11 is 0. The van der Waals surface area contributed by atoms with Crippen LogP contribution in [0.1, 0.15) is 12.1 Å². The second-order valence-corrected chi connectivity index (χ2v) is 2.03. The molecule has 0 saturated heterocycles. The Balaban J connectivity index is 3.37. The van der Waals surface area contributed by atoms with Crippen molar-refractivity contribution in [1.82, 2.24) is 4.98 Å². The predicted molar refractivity (Wildman–Crippen MR) is 33.6 cm³/mol. The molecule has 0 spiro atoms. The average Bonchev–Trinajstić information content (AvgIpc) is 2.00. The van der Waals surface area contributed by atoms with E-state index in [9.17, 15) is 18.0 Å². The molecule has 0 aromatic carbocycles. The Kier molecular flexibility index (Phi) is 2.07. The third-order valence-corrected chi connectivity index (χ3v) is 1.26. The average molecular weight is 179 g/mol. The van der Waals surface area contributed by atoms with Crippen molar-refractivity contribution in [2.24, 2.45) is 0 Å². The number of aromatic nitrogens is 1. The van der Waals surface area contributed by atoms with Gasteiger partial charge < -0.3 is 10.1 Å². The van der Waals surface area contributed by atoms with Crippen LogP contribution in [0.15, 0.2) is 11.0 Å². The molecule has 0 aliphatic rings. The molecule has 0 atom stereocenters. The smallest absolute Gasteiger partial charge is 0.282 e. The first-order valence-corrected chi connectivity index (χ1v) is 2.92. The van der Waals surface area contributed by atoms with Crippen molar-refractivity contribution in [3.63, 3.8) is 0 Å². The first-order valence-electron chi connectivity index (χ1n) is 2.92. The number of nitrogens with one attached hydrogen (secondary N) is 1. The van der Waals surface area contributed by atoms with Crippen molar-refractivity contribution in [3.8, 4) is 5.75 Å². The molecule has 1 rings (SSSR count). The standard InChI is InChI=1S/C6H4F3NO2/c7-2-1-10-3(6(8)9)5(12)4(2)11/h1,6,12H,(H,10,11). The van der Waals surface area contributed by atoms with E-state index in [2.05, 4.69) is 0 Å². The fourth-order valence-electron chi connectivity index (χ4n) is 0.677. The van der Waals surface area contributed by atoms with E-state index in [4.69, 9.17) is 5.11 Å². The number of hydrogen-bond donors (Lipinski definition) is 2. The van der Waals surface area contributed by atoms with Crippen LogP contribution in [0.5, 0.6) is 5.75 Å². The van der Waals surface area contributed by atoms with Crippen LogP contribution < -0.4 is 5.43 Å². The molecular weight excluding hydrogens is 175 g/mol. The number of pyridine rings is 1. The highest BCUT2D eigenvalue weighted by atomic mass is 19.3. The summed E-state index contributed by atoms with van der Waals surface area (Å²) in [5, 5.41) is 8.69. The third-order valence-electron chi connectivity index (χ3n) is 1.26. The molecule has 0 saturated carbocycles. The van der Waals surface area contributed by atoms with Crippen molar-refractivity contribution in [3.05, 3.63) is 27.9 Å². The van der Waals surface area contributed by atoms with Crippen LogP contribution in [0.25, 0.3) is 0 Å². The van der Waals surface area contributed by atoms with Crippen LogP contribution in [0.4, 0.5) is 13.2 Å². The van der Waals surface area contributed by atoms with E-state index in [-0.39, 0.29) is 0 Å². The van der Waals surface area contributed by atoms with E-state index < -0.39 is 29.1 Å². The highest BCUT2D eigenvalue weighted by molar-refractivity contribution is 5.26. The molecule has 2 N–H and O–H groups in total. The molecule has 0 amide bonds. The quantitative estimate of drug-likeness (QED) is 0.679. The summed E-state index contributed by atoms with van der Waals surface area (Å²) in [6, 6.07) is 0. The zero-order valence-electron chi connectivity index (χ0n) is 5.64. The van der Waals surface area contributed by atoms with E-state index >= 15 is 0 Å². The maximum Gasteiger partial charge on any atom is 0.282 e. The minimum Gasteiger partial charge on any atom is -0.503 e. The Morgan fingerprint density at radius 3 is 2.58 bits per heavy atom. The largest absolute Gasteiger partial charge is 0.503 e.